The van der Waals surface area contributed by atoms with Crippen LogP contribution in [0.2, 0.25) is 0 Å². The predicted octanol–water partition coefficient (Wildman–Crippen LogP) is 1.73. The highest BCUT2D eigenvalue weighted by Gasteiger charge is 2.35. The average molecular weight is 369 g/mol. The van der Waals surface area contributed by atoms with Gasteiger partial charge in [-0.1, -0.05) is 12.8 Å². The Morgan fingerprint density at radius 3 is 2.52 bits per heavy atom. The Bertz CT molecular complexity index is 651. The Hall–Kier alpha value is -1.38. The maximum absolute atomic E-state index is 12.9. The molecule has 2 fully saturated rings. The minimum Gasteiger partial charge on any atom is -0.467 e. The van der Waals surface area contributed by atoms with E-state index in [0.29, 0.717) is 38.4 Å². The van der Waals surface area contributed by atoms with Gasteiger partial charge in [0.05, 0.1) is 18.7 Å². The number of hydrogen-bond donors (Lipinski definition) is 1. The number of rotatable bonds is 5. The van der Waals surface area contributed by atoms with E-state index in [1.807, 2.05) is 0 Å². The normalized spacial score (nSPS) is 23.9. The molecule has 3 heterocycles. The molecule has 3 rings (SSSR count). The molecule has 1 N–H and O–H groups in total. The Kier molecular flexibility index (Phi) is 6.14. The third-order valence-corrected chi connectivity index (χ3v) is 6.99. The number of nitrogens with one attached hydrogen (secondary N) is 1. The number of carbonyl (C=O) groups is 1. The summed E-state index contributed by atoms with van der Waals surface area (Å²) >= 11 is 0. The topological polar surface area (TPSA) is 82.9 Å². The van der Waals surface area contributed by atoms with E-state index in [1.54, 1.807) is 22.7 Å². The van der Waals surface area contributed by atoms with Gasteiger partial charge in [0.25, 0.3) is 10.2 Å². The molecule has 0 aromatic carbocycles. The maximum Gasteiger partial charge on any atom is 0.281 e. The van der Waals surface area contributed by atoms with Crippen LogP contribution in [0, 0.1) is 5.92 Å². The van der Waals surface area contributed by atoms with Gasteiger partial charge >= 0.3 is 0 Å². The SMILES string of the molecule is O=C(NCc1ccco1)C1CCCN(S(=O)(=O)N2CCCCCC2)C1. The van der Waals surface area contributed by atoms with Crippen LogP contribution < -0.4 is 5.32 Å². The van der Waals surface area contributed by atoms with Crippen molar-refractivity contribution in [2.45, 2.75) is 45.1 Å². The molecule has 8 heteroatoms. The van der Waals surface area contributed by atoms with Crippen LogP contribution in [0.1, 0.15) is 44.3 Å². The zero-order valence-corrected chi connectivity index (χ0v) is 15.3. The van der Waals surface area contributed by atoms with Crippen LogP contribution >= 0.6 is 0 Å². The van der Waals surface area contributed by atoms with Crippen LogP contribution in [0.3, 0.4) is 0 Å². The van der Waals surface area contributed by atoms with Crippen molar-refractivity contribution < 1.29 is 17.6 Å². The molecule has 0 radical (unpaired) electrons. The lowest BCUT2D eigenvalue weighted by molar-refractivity contribution is -0.126. The fourth-order valence-corrected chi connectivity index (χ4v) is 5.31. The van der Waals surface area contributed by atoms with E-state index in [0.717, 1.165) is 32.1 Å². The molecule has 1 atom stereocenters. The van der Waals surface area contributed by atoms with Crippen molar-refractivity contribution in [3.05, 3.63) is 24.2 Å². The van der Waals surface area contributed by atoms with Gasteiger partial charge in [0.2, 0.25) is 5.91 Å². The van der Waals surface area contributed by atoms with E-state index < -0.39 is 10.2 Å². The van der Waals surface area contributed by atoms with Gasteiger partial charge in [-0.05, 0) is 37.8 Å². The maximum atomic E-state index is 12.9. The molecule has 1 aromatic rings. The Morgan fingerprint density at radius 1 is 1.12 bits per heavy atom. The van der Waals surface area contributed by atoms with Gasteiger partial charge in [0.15, 0.2) is 0 Å². The molecule has 1 aromatic heterocycles. The van der Waals surface area contributed by atoms with E-state index in [-0.39, 0.29) is 18.4 Å². The highest BCUT2D eigenvalue weighted by Crippen LogP contribution is 2.23. The van der Waals surface area contributed by atoms with Gasteiger partial charge in [-0.3, -0.25) is 4.79 Å². The first-order chi connectivity index (χ1) is 12.1. The first-order valence-electron chi connectivity index (χ1n) is 9.12. The number of nitrogens with zero attached hydrogens (tertiary/aromatic N) is 2. The summed E-state index contributed by atoms with van der Waals surface area (Å²) < 4.78 is 34.1. The first-order valence-corrected chi connectivity index (χ1v) is 10.5. The van der Waals surface area contributed by atoms with Crippen molar-refractivity contribution in [3.8, 4) is 0 Å². The van der Waals surface area contributed by atoms with Crippen LogP contribution in [0.4, 0.5) is 0 Å². The van der Waals surface area contributed by atoms with Gasteiger partial charge in [-0.15, -0.1) is 0 Å². The van der Waals surface area contributed by atoms with Crippen molar-refractivity contribution >= 4 is 16.1 Å². The van der Waals surface area contributed by atoms with Crippen LogP contribution in [-0.4, -0.2) is 49.1 Å². The second kappa shape index (κ2) is 8.33. The van der Waals surface area contributed by atoms with E-state index in [4.69, 9.17) is 4.42 Å². The minimum atomic E-state index is -3.46. The molecule has 0 bridgehead atoms. The lowest BCUT2D eigenvalue weighted by Gasteiger charge is -2.34. The fourth-order valence-electron chi connectivity index (χ4n) is 3.53. The van der Waals surface area contributed by atoms with Crippen molar-refractivity contribution in [2.75, 3.05) is 26.2 Å². The summed E-state index contributed by atoms with van der Waals surface area (Å²) in [6.07, 6.45) is 7.01. The summed E-state index contributed by atoms with van der Waals surface area (Å²) in [5.74, 6) is 0.288. The summed E-state index contributed by atoms with van der Waals surface area (Å²) in [7, 11) is -3.46. The zero-order valence-electron chi connectivity index (χ0n) is 14.5. The number of carbonyl (C=O) groups excluding carboxylic acids is 1. The zero-order chi connectivity index (χ0) is 17.7. The molecular weight excluding hydrogens is 342 g/mol. The fraction of sp³-hybridized carbons (Fsp3) is 0.706. The summed E-state index contributed by atoms with van der Waals surface area (Å²) in [6.45, 7) is 2.28. The molecule has 2 saturated heterocycles. The minimum absolute atomic E-state index is 0.104. The smallest absolute Gasteiger partial charge is 0.281 e. The molecular formula is C17H27N3O4S. The molecule has 2 aliphatic rings. The summed E-state index contributed by atoms with van der Waals surface area (Å²) in [5, 5.41) is 2.85. The Balaban J connectivity index is 1.58. The monoisotopic (exact) mass is 369 g/mol. The summed E-state index contributed by atoms with van der Waals surface area (Å²) in [5.41, 5.74) is 0. The van der Waals surface area contributed by atoms with Crippen LogP contribution in [0.25, 0.3) is 0 Å². The van der Waals surface area contributed by atoms with Gasteiger partial charge in [0, 0.05) is 26.2 Å². The van der Waals surface area contributed by atoms with Gasteiger partial charge in [-0.2, -0.15) is 17.0 Å². The molecule has 0 spiro atoms. The summed E-state index contributed by atoms with van der Waals surface area (Å²) in [6, 6.07) is 3.58. The number of hydrogen-bond acceptors (Lipinski definition) is 4. The van der Waals surface area contributed by atoms with E-state index in [1.165, 1.54) is 4.31 Å². The third kappa shape index (κ3) is 4.62. The van der Waals surface area contributed by atoms with E-state index in [2.05, 4.69) is 5.32 Å². The van der Waals surface area contributed by atoms with E-state index >= 15 is 0 Å². The van der Waals surface area contributed by atoms with Crippen molar-refractivity contribution in [1.29, 1.82) is 0 Å². The molecule has 0 saturated carbocycles. The molecule has 0 aliphatic carbocycles. The predicted molar refractivity (Wildman–Crippen MR) is 93.8 cm³/mol. The van der Waals surface area contributed by atoms with Crippen molar-refractivity contribution in [2.24, 2.45) is 5.92 Å². The highest BCUT2D eigenvalue weighted by molar-refractivity contribution is 7.86. The Labute approximate surface area is 149 Å². The summed E-state index contributed by atoms with van der Waals surface area (Å²) in [4.78, 5) is 12.4. The molecule has 2 aliphatic heterocycles. The second-order valence-electron chi connectivity index (χ2n) is 6.82. The highest BCUT2D eigenvalue weighted by atomic mass is 32.2. The molecule has 1 unspecified atom stereocenters. The van der Waals surface area contributed by atoms with Crippen LogP contribution in [-0.2, 0) is 21.5 Å². The van der Waals surface area contributed by atoms with E-state index in [9.17, 15) is 13.2 Å². The lowest BCUT2D eigenvalue weighted by Crippen LogP contribution is -2.50. The van der Waals surface area contributed by atoms with Gasteiger partial charge in [0.1, 0.15) is 5.76 Å². The molecule has 7 nitrogen and oxygen atoms in total. The Morgan fingerprint density at radius 2 is 1.84 bits per heavy atom. The molecule has 1 amide bonds. The number of amides is 1. The number of furan rings is 1. The van der Waals surface area contributed by atoms with Crippen molar-refractivity contribution in [3.63, 3.8) is 0 Å². The quantitative estimate of drug-likeness (QED) is 0.857. The van der Waals surface area contributed by atoms with Crippen LogP contribution in [0.15, 0.2) is 22.8 Å². The van der Waals surface area contributed by atoms with Crippen LogP contribution in [0.5, 0.6) is 0 Å². The molecule has 140 valence electrons. The average Bonchev–Trinajstić information content (AvgIpc) is 2.99. The van der Waals surface area contributed by atoms with Crippen molar-refractivity contribution in [1.82, 2.24) is 13.9 Å². The molecule has 25 heavy (non-hydrogen) atoms. The number of piperidine rings is 1. The standard InChI is InChI=1S/C17H27N3O4S/c21-17(18-13-16-8-6-12-24-16)15-7-5-11-20(14-15)25(22,23)19-9-3-1-2-4-10-19/h6,8,12,15H,1-5,7,9-11,13-14H2,(H,18,21). The lowest BCUT2D eigenvalue weighted by atomic mass is 9.99. The first kappa shape index (κ1) is 18.4. The third-order valence-electron chi connectivity index (χ3n) is 4.99. The van der Waals surface area contributed by atoms with Gasteiger partial charge < -0.3 is 9.73 Å². The second-order valence-corrected chi connectivity index (χ2v) is 8.74. The van der Waals surface area contributed by atoms with Gasteiger partial charge in [-0.25, -0.2) is 0 Å². The largest absolute Gasteiger partial charge is 0.467 e.